The van der Waals surface area contributed by atoms with Gasteiger partial charge in [0.2, 0.25) is 5.91 Å². The Morgan fingerprint density at radius 3 is 2.71 bits per heavy atom. The molecule has 0 N–H and O–H groups in total. The van der Waals surface area contributed by atoms with Crippen LogP contribution < -0.4 is 0 Å². The van der Waals surface area contributed by atoms with Crippen LogP contribution in [0, 0.1) is 0 Å². The lowest BCUT2D eigenvalue weighted by Crippen LogP contribution is -2.37. The Bertz CT molecular complexity index is 565. The van der Waals surface area contributed by atoms with Gasteiger partial charge < -0.3 is 14.4 Å². The van der Waals surface area contributed by atoms with Crippen molar-refractivity contribution >= 4 is 11.9 Å². The van der Waals surface area contributed by atoms with Crippen molar-refractivity contribution in [3.8, 4) is 0 Å². The normalized spacial score (nSPS) is 17.6. The van der Waals surface area contributed by atoms with Gasteiger partial charge in [-0.25, -0.2) is 4.79 Å². The standard InChI is InChI=1S/C16H19NO4/c1-11(2)21-15-9-8-14(18)17(15)10-12-6-4-5-7-13(12)16(19)20-3/h4-9,11,15H,10H2,1-3H3/t15-/m1/s1. The van der Waals surface area contributed by atoms with Crippen molar-refractivity contribution in [2.75, 3.05) is 7.11 Å². The number of hydrogen-bond donors (Lipinski definition) is 0. The molecule has 2 rings (SSSR count). The molecule has 0 unspecified atom stereocenters. The summed E-state index contributed by atoms with van der Waals surface area (Å²) in [6.45, 7) is 4.13. The zero-order valence-corrected chi connectivity index (χ0v) is 12.4. The summed E-state index contributed by atoms with van der Waals surface area (Å²) < 4.78 is 10.5. The highest BCUT2D eigenvalue weighted by Gasteiger charge is 2.28. The van der Waals surface area contributed by atoms with Gasteiger partial charge in [-0.05, 0) is 31.6 Å². The molecule has 0 saturated carbocycles. The Balaban J connectivity index is 2.21. The molecular weight excluding hydrogens is 270 g/mol. The van der Waals surface area contributed by atoms with Crippen molar-refractivity contribution in [2.24, 2.45) is 0 Å². The van der Waals surface area contributed by atoms with Gasteiger partial charge in [0.25, 0.3) is 0 Å². The van der Waals surface area contributed by atoms with Crippen LogP contribution in [0.1, 0.15) is 29.8 Å². The number of esters is 1. The SMILES string of the molecule is COC(=O)c1ccccc1CN1C(=O)C=C[C@H]1OC(C)C. The predicted molar refractivity (Wildman–Crippen MR) is 77.5 cm³/mol. The molecule has 1 amide bonds. The van der Waals surface area contributed by atoms with Gasteiger partial charge in [0.1, 0.15) is 0 Å². The van der Waals surface area contributed by atoms with E-state index in [9.17, 15) is 9.59 Å². The monoisotopic (exact) mass is 289 g/mol. The van der Waals surface area contributed by atoms with Crippen molar-refractivity contribution in [3.63, 3.8) is 0 Å². The maximum atomic E-state index is 12.0. The van der Waals surface area contributed by atoms with Gasteiger partial charge in [-0.3, -0.25) is 4.79 Å². The van der Waals surface area contributed by atoms with E-state index in [1.54, 1.807) is 23.1 Å². The van der Waals surface area contributed by atoms with Gasteiger partial charge in [0, 0.05) is 12.6 Å². The number of carbonyl (C=O) groups excluding carboxylic acids is 2. The van der Waals surface area contributed by atoms with Gasteiger partial charge >= 0.3 is 5.97 Å². The Labute approximate surface area is 124 Å². The van der Waals surface area contributed by atoms with Crippen LogP contribution in [-0.4, -0.2) is 36.2 Å². The van der Waals surface area contributed by atoms with Crippen molar-refractivity contribution in [1.29, 1.82) is 0 Å². The molecule has 0 fully saturated rings. The fraction of sp³-hybridized carbons (Fsp3) is 0.375. The number of hydrogen-bond acceptors (Lipinski definition) is 4. The van der Waals surface area contributed by atoms with Crippen LogP contribution in [0.15, 0.2) is 36.4 Å². The number of methoxy groups -OCH3 is 1. The van der Waals surface area contributed by atoms with E-state index in [1.165, 1.54) is 13.2 Å². The third-order valence-electron chi connectivity index (χ3n) is 3.17. The largest absolute Gasteiger partial charge is 0.465 e. The fourth-order valence-corrected chi connectivity index (χ4v) is 2.21. The van der Waals surface area contributed by atoms with Gasteiger partial charge in [0.15, 0.2) is 6.23 Å². The molecule has 0 aliphatic carbocycles. The van der Waals surface area contributed by atoms with E-state index >= 15 is 0 Å². The summed E-state index contributed by atoms with van der Waals surface area (Å²) in [5, 5.41) is 0. The highest BCUT2D eigenvalue weighted by atomic mass is 16.5. The number of amides is 1. The molecule has 1 heterocycles. The second kappa shape index (κ2) is 6.54. The Morgan fingerprint density at radius 2 is 2.05 bits per heavy atom. The second-order valence-corrected chi connectivity index (χ2v) is 5.05. The lowest BCUT2D eigenvalue weighted by atomic mass is 10.1. The third kappa shape index (κ3) is 3.49. The van der Waals surface area contributed by atoms with Crippen LogP contribution in [0.4, 0.5) is 0 Å². The van der Waals surface area contributed by atoms with E-state index in [2.05, 4.69) is 0 Å². The van der Waals surface area contributed by atoms with Crippen molar-refractivity contribution in [1.82, 2.24) is 4.90 Å². The topological polar surface area (TPSA) is 55.8 Å². The summed E-state index contributed by atoms with van der Waals surface area (Å²) in [7, 11) is 1.34. The molecule has 0 saturated heterocycles. The van der Waals surface area contributed by atoms with Crippen LogP contribution in [0.3, 0.4) is 0 Å². The molecule has 0 aromatic heterocycles. The van der Waals surface area contributed by atoms with Crippen LogP contribution in [0.5, 0.6) is 0 Å². The molecule has 0 bridgehead atoms. The maximum Gasteiger partial charge on any atom is 0.338 e. The fourth-order valence-electron chi connectivity index (χ4n) is 2.21. The van der Waals surface area contributed by atoms with Gasteiger partial charge in [-0.2, -0.15) is 0 Å². The quantitative estimate of drug-likeness (QED) is 0.779. The van der Waals surface area contributed by atoms with Gasteiger partial charge in [-0.1, -0.05) is 18.2 Å². The van der Waals surface area contributed by atoms with Crippen molar-refractivity contribution in [3.05, 3.63) is 47.5 Å². The minimum atomic E-state index is -0.411. The summed E-state index contributed by atoms with van der Waals surface area (Å²) in [5.41, 5.74) is 1.20. The van der Waals surface area contributed by atoms with Gasteiger partial charge in [0.05, 0.1) is 18.8 Å². The lowest BCUT2D eigenvalue weighted by Gasteiger charge is -2.27. The molecule has 1 aromatic carbocycles. The second-order valence-electron chi connectivity index (χ2n) is 5.05. The summed E-state index contributed by atoms with van der Waals surface area (Å²) in [6.07, 6.45) is 2.82. The van der Waals surface area contributed by atoms with Crippen LogP contribution >= 0.6 is 0 Å². The first-order valence-corrected chi connectivity index (χ1v) is 6.83. The molecule has 0 radical (unpaired) electrons. The first-order valence-electron chi connectivity index (χ1n) is 6.83. The molecule has 112 valence electrons. The molecule has 1 atom stereocenters. The zero-order valence-electron chi connectivity index (χ0n) is 12.4. The van der Waals surface area contributed by atoms with Crippen LogP contribution in [0.2, 0.25) is 0 Å². The van der Waals surface area contributed by atoms with Crippen molar-refractivity contribution in [2.45, 2.75) is 32.7 Å². The van der Waals surface area contributed by atoms with E-state index in [1.807, 2.05) is 26.0 Å². The highest BCUT2D eigenvalue weighted by Crippen LogP contribution is 2.20. The minimum Gasteiger partial charge on any atom is -0.465 e. The molecule has 5 nitrogen and oxygen atoms in total. The van der Waals surface area contributed by atoms with Crippen molar-refractivity contribution < 1.29 is 19.1 Å². The Hall–Kier alpha value is -2.14. The average Bonchev–Trinajstić information content (AvgIpc) is 2.79. The Kier molecular flexibility index (Phi) is 4.75. The number of benzene rings is 1. The summed E-state index contributed by atoms with van der Waals surface area (Å²) in [6, 6.07) is 7.09. The maximum absolute atomic E-state index is 12.0. The van der Waals surface area contributed by atoms with E-state index in [4.69, 9.17) is 9.47 Å². The first-order chi connectivity index (χ1) is 10.0. The smallest absolute Gasteiger partial charge is 0.338 e. The highest BCUT2D eigenvalue weighted by molar-refractivity contribution is 5.92. The van der Waals surface area contributed by atoms with E-state index < -0.39 is 12.2 Å². The van der Waals surface area contributed by atoms with E-state index in [-0.39, 0.29) is 12.0 Å². The molecule has 0 spiro atoms. The van der Waals surface area contributed by atoms with Crippen LogP contribution in [0.25, 0.3) is 0 Å². The summed E-state index contributed by atoms with van der Waals surface area (Å²) in [4.78, 5) is 25.3. The number of carbonyl (C=O) groups is 2. The van der Waals surface area contributed by atoms with Crippen LogP contribution in [-0.2, 0) is 20.8 Å². The average molecular weight is 289 g/mol. The molecular formula is C16H19NO4. The lowest BCUT2D eigenvalue weighted by molar-refractivity contribution is -0.137. The third-order valence-corrected chi connectivity index (χ3v) is 3.17. The molecule has 5 heteroatoms. The number of nitrogens with zero attached hydrogens (tertiary/aromatic N) is 1. The number of ether oxygens (including phenoxy) is 2. The minimum absolute atomic E-state index is 0.00361. The van der Waals surface area contributed by atoms with E-state index in [0.717, 1.165) is 5.56 Å². The zero-order chi connectivity index (χ0) is 15.4. The Morgan fingerprint density at radius 1 is 1.33 bits per heavy atom. The predicted octanol–water partition coefficient (Wildman–Crippen LogP) is 2.12. The molecule has 21 heavy (non-hydrogen) atoms. The molecule has 1 aliphatic heterocycles. The molecule has 1 aromatic rings. The summed E-state index contributed by atoms with van der Waals surface area (Å²) >= 11 is 0. The number of rotatable bonds is 5. The van der Waals surface area contributed by atoms with E-state index in [0.29, 0.717) is 12.1 Å². The molecule has 1 aliphatic rings. The summed E-state index contributed by atoms with van der Waals surface area (Å²) in [5.74, 6) is -0.535. The van der Waals surface area contributed by atoms with Gasteiger partial charge in [-0.15, -0.1) is 0 Å². The first kappa shape index (κ1) is 15.3.